The van der Waals surface area contributed by atoms with Crippen LogP contribution in [0.25, 0.3) is 0 Å². The number of piperidine rings is 1. The van der Waals surface area contributed by atoms with Crippen LogP contribution in [0.15, 0.2) is 54.6 Å². The van der Waals surface area contributed by atoms with Crippen molar-refractivity contribution >= 4 is 5.91 Å². The van der Waals surface area contributed by atoms with E-state index in [2.05, 4.69) is 41.7 Å². The summed E-state index contributed by atoms with van der Waals surface area (Å²) in [5.74, 6) is 0.189. The summed E-state index contributed by atoms with van der Waals surface area (Å²) in [6.45, 7) is 6.05. The predicted octanol–water partition coefficient (Wildman–Crippen LogP) is 3.70. The van der Waals surface area contributed by atoms with Gasteiger partial charge in [-0.05, 0) is 69.1 Å². The molecule has 1 aliphatic carbocycles. The molecule has 0 radical (unpaired) electrons. The van der Waals surface area contributed by atoms with Gasteiger partial charge in [-0.2, -0.15) is 0 Å². The minimum atomic E-state index is -0.386. The summed E-state index contributed by atoms with van der Waals surface area (Å²) in [5.41, 5.74) is 9.51. The predicted molar refractivity (Wildman–Crippen MR) is 133 cm³/mol. The second kappa shape index (κ2) is 9.96. The number of carbonyl (C=O) groups is 1. The largest absolute Gasteiger partial charge is 0.388 e. The summed E-state index contributed by atoms with van der Waals surface area (Å²) in [5, 5.41) is 14.1. The first kappa shape index (κ1) is 23.9. The Bertz CT molecular complexity index is 930. The van der Waals surface area contributed by atoms with E-state index in [-0.39, 0.29) is 29.0 Å². The highest BCUT2D eigenvalue weighted by Gasteiger charge is 2.45. The molecule has 33 heavy (non-hydrogen) atoms. The zero-order valence-corrected chi connectivity index (χ0v) is 20.1. The fraction of sp³-hybridized carbons (Fsp3) is 0.536. The lowest BCUT2D eigenvalue weighted by molar-refractivity contribution is -0.135. The van der Waals surface area contributed by atoms with E-state index < -0.39 is 0 Å². The molecule has 4 rings (SSSR count). The highest BCUT2D eigenvalue weighted by atomic mass is 16.3. The highest BCUT2D eigenvalue weighted by Crippen LogP contribution is 2.50. The molecule has 2 aromatic rings. The molecule has 1 unspecified atom stereocenters. The van der Waals surface area contributed by atoms with Gasteiger partial charge in [-0.1, -0.05) is 54.6 Å². The molecule has 2 aliphatic rings. The molecule has 1 heterocycles. The molecular weight excluding hydrogens is 410 g/mol. The summed E-state index contributed by atoms with van der Waals surface area (Å²) >= 11 is 0. The van der Waals surface area contributed by atoms with Crippen molar-refractivity contribution in [3.05, 3.63) is 71.3 Å². The number of hydrogen-bond acceptors (Lipinski definition) is 4. The van der Waals surface area contributed by atoms with Crippen LogP contribution < -0.4 is 11.1 Å². The number of carbonyl (C=O) groups excluding carboxylic acids is 1. The Labute approximate surface area is 198 Å². The fourth-order valence-electron chi connectivity index (χ4n) is 5.56. The number of nitrogens with two attached hydrogens (primary N) is 1. The number of rotatable bonds is 8. The fourth-order valence-corrected chi connectivity index (χ4v) is 5.56. The lowest BCUT2D eigenvalue weighted by Gasteiger charge is -2.41. The summed E-state index contributed by atoms with van der Waals surface area (Å²) in [6, 6.07) is 18.5. The number of hydrogen-bond donors (Lipinski definition) is 3. The van der Waals surface area contributed by atoms with Gasteiger partial charge in [0.25, 0.3) is 0 Å². The van der Waals surface area contributed by atoms with E-state index in [0.717, 1.165) is 57.2 Å². The molecule has 1 aliphatic heterocycles. The van der Waals surface area contributed by atoms with Gasteiger partial charge in [0.05, 0.1) is 12.1 Å². The third-order valence-corrected chi connectivity index (χ3v) is 7.41. The van der Waals surface area contributed by atoms with Crippen molar-refractivity contribution in [2.24, 2.45) is 5.73 Å². The van der Waals surface area contributed by atoms with E-state index in [1.165, 1.54) is 11.1 Å². The van der Waals surface area contributed by atoms with Crippen LogP contribution in [-0.4, -0.2) is 47.1 Å². The quantitative estimate of drug-likeness (QED) is 0.574. The number of aliphatic hydroxyl groups excluding tert-OH is 1. The van der Waals surface area contributed by atoms with Crippen molar-refractivity contribution in [3.63, 3.8) is 0 Å². The second-order valence-corrected chi connectivity index (χ2v) is 10.7. The number of likely N-dealkylation sites (tertiary alicyclic amines) is 1. The smallest absolute Gasteiger partial charge is 0.239 e. The van der Waals surface area contributed by atoms with Gasteiger partial charge >= 0.3 is 0 Å². The van der Waals surface area contributed by atoms with Crippen molar-refractivity contribution in [1.82, 2.24) is 10.2 Å². The standard InChI is InChI=1S/C28H39N3O2/c1-27(2,29)20-30-24(14-8-11-21-9-4-3-5-10-21)26(33)31-17-15-28(16-18-31)19-25(32)22-12-6-7-13-23(22)28/h3-7,9-10,12-13,24-25,30,32H,8,11,14-20,29H2,1-2H3/t24-,25?/m1/s1. The molecule has 5 heteroatoms. The molecule has 1 spiro atoms. The average molecular weight is 450 g/mol. The van der Waals surface area contributed by atoms with E-state index in [9.17, 15) is 9.90 Å². The van der Waals surface area contributed by atoms with Crippen LogP contribution in [-0.2, 0) is 16.6 Å². The topological polar surface area (TPSA) is 78.6 Å². The van der Waals surface area contributed by atoms with Gasteiger partial charge in [0.1, 0.15) is 0 Å². The Hall–Kier alpha value is -2.21. The number of nitrogens with one attached hydrogen (secondary N) is 1. The van der Waals surface area contributed by atoms with Crippen molar-refractivity contribution in [1.29, 1.82) is 0 Å². The number of nitrogens with zero attached hydrogens (tertiary/aromatic N) is 1. The Kier molecular flexibility index (Phi) is 7.22. The molecule has 2 atom stereocenters. The first-order chi connectivity index (χ1) is 15.8. The van der Waals surface area contributed by atoms with Crippen LogP contribution in [0.3, 0.4) is 0 Å². The molecule has 0 bridgehead atoms. The molecule has 2 aromatic carbocycles. The van der Waals surface area contributed by atoms with Crippen LogP contribution in [0.5, 0.6) is 0 Å². The van der Waals surface area contributed by atoms with E-state index in [0.29, 0.717) is 6.54 Å². The van der Waals surface area contributed by atoms with Gasteiger partial charge < -0.3 is 21.1 Å². The molecule has 5 nitrogen and oxygen atoms in total. The molecule has 0 saturated carbocycles. The maximum absolute atomic E-state index is 13.5. The maximum Gasteiger partial charge on any atom is 0.239 e. The highest BCUT2D eigenvalue weighted by molar-refractivity contribution is 5.82. The monoisotopic (exact) mass is 449 g/mol. The van der Waals surface area contributed by atoms with Crippen molar-refractivity contribution in [3.8, 4) is 0 Å². The third kappa shape index (κ3) is 5.65. The van der Waals surface area contributed by atoms with Crippen LogP contribution in [0, 0.1) is 0 Å². The van der Waals surface area contributed by atoms with Gasteiger partial charge in [0.2, 0.25) is 5.91 Å². The Morgan fingerprint density at radius 3 is 2.52 bits per heavy atom. The van der Waals surface area contributed by atoms with Crippen molar-refractivity contribution < 1.29 is 9.90 Å². The molecular formula is C28H39N3O2. The van der Waals surface area contributed by atoms with Gasteiger partial charge in [0, 0.05) is 30.6 Å². The summed E-state index contributed by atoms with van der Waals surface area (Å²) in [6.07, 6.45) is 4.92. The number of fused-ring (bicyclic) bond motifs is 2. The summed E-state index contributed by atoms with van der Waals surface area (Å²) < 4.78 is 0. The third-order valence-electron chi connectivity index (χ3n) is 7.41. The lowest BCUT2D eigenvalue weighted by Crippen LogP contribution is -2.54. The molecule has 1 saturated heterocycles. The first-order valence-electron chi connectivity index (χ1n) is 12.4. The minimum Gasteiger partial charge on any atom is -0.388 e. The minimum absolute atomic E-state index is 0.00226. The number of aryl methyl sites for hydroxylation is 1. The van der Waals surface area contributed by atoms with Crippen LogP contribution in [0.4, 0.5) is 0 Å². The summed E-state index contributed by atoms with van der Waals surface area (Å²) in [7, 11) is 0. The Morgan fingerprint density at radius 1 is 1.15 bits per heavy atom. The number of benzene rings is 2. The molecule has 1 amide bonds. The van der Waals surface area contributed by atoms with Crippen molar-refractivity contribution in [2.45, 2.75) is 75.5 Å². The van der Waals surface area contributed by atoms with E-state index in [1.807, 2.05) is 36.9 Å². The number of aliphatic hydroxyl groups is 1. The zero-order chi connectivity index (χ0) is 23.5. The van der Waals surface area contributed by atoms with Gasteiger partial charge in [0.15, 0.2) is 0 Å². The van der Waals surface area contributed by atoms with E-state index in [4.69, 9.17) is 5.73 Å². The van der Waals surface area contributed by atoms with Gasteiger partial charge in [-0.3, -0.25) is 4.79 Å². The molecule has 0 aromatic heterocycles. The van der Waals surface area contributed by atoms with Crippen LogP contribution >= 0.6 is 0 Å². The second-order valence-electron chi connectivity index (χ2n) is 10.7. The average Bonchev–Trinajstić information content (AvgIpc) is 3.07. The lowest BCUT2D eigenvalue weighted by atomic mass is 9.73. The van der Waals surface area contributed by atoms with Crippen LogP contribution in [0.1, 0.15) is 68.7 Å². The molecule has 1 fully saturated rings. The van der Waals surface area contributed by atoms with Gasteiger partial charge in [-0.25, -0.2) is 0 Å². The van der Waals surface area contributed by atoms with Crippen molar-refractivity contribution in [2.75, 3.05) is 19.6 Å². The SMILES string of the molecule is CC(C)(N)CN[C@H](CCCc1ccccc1)C(=O)N1CCC2(CC1)CC(O)c1ccccc12. The Morgan fingerprint density at radius 2 is 1.82 bits per heavy atom. The zero-order valence-electron chi connectivity index (χ0n) is 20.1. The normalized spacial score (nSPS) is 20.6. The molecule has 178 valence electrons. The van der Waals surface area contributed by atoms with E-state index in [1.54, 1.807) is 0 Å². The maximum atomic E-state index is 13.5. The van der Waals surface area contributed by atoms with Crippen LogP contribution in [0.2, 0.25) is 0 Å². The van der Waals surface area contributed by atoms with E-state index >= 15 is 0 Å². The summed E-state index contributed by atoms with van der Waals surface area (Å²) in [4.78, 5) is 15.6. The molecule has 4 N–H and O–H groups in total. The number of amides is 1. The Balaban J connectivity index is 1.39. The first-order valence-corrected chi connectivity index (χ1v) is 12.4. The van der Waals surface area contributed by atoms with Gasteiger partial charge in [-0.15, -0.1) is 0 Å².